The Bertz CT molecular complexity index is 557. The molecule has 1 aromatic carbocycles. The summed E-state index contributed by atoms with van der Waals surface area (Å²) in [4.78, 5) is -1.72. The zero-order valence-corrected chi connectivity index (χ0v) is 12.7. The molecule has 6 heteroatoms. The predicted molar refractivity (Wildman–Crippen MR) is 79.6 cm³/mol. The molecule has 0 nitrogen and oxygen atoms in total. The second-order valence-corrected chi connectivity index (χ2v) is 7.31. The van der Waals surface area contributed by atoms with Crippen molar-refractivity contribution < 1.29 is 19.4 Å². The van der Waals surface area contributed by atoms with Crippen molar-refractivity contribution in [1.29, 1.82) is 0 Å². The van der Waals surface area contributed by atoms with Crippen LogP contribution < -0.4 is 0 Å². The Kier molecular flexibility index (Phi) is 4.36. The van der Waals surface area contributed by atoms with Gasteiger partial charge in [-0.1, -0.05) is 43.7 Å². The third-order valence-corrected chi connectivity index (χ3v) is 4.56. The quantitative estimate of drug-likeness (QED) is 0.378. The standard InChI is InChI=1S/C15H19F5S/c1-4-6-8-13-10-11-14(9-7-5-2)15(12(13)3)21(16,17,18,19)20/h4-5,10-11H,1-2,6-9H2,3H3. The largest absolute Gasteiger partial charge is 0.310 e. The molecule has 0 heterocycles. The van der Waals surface area contributed by atoms with Crippen LogP contribution in [0.25, 0.3) is 0 Å². The lowest BCUT2D eigenvalue weighted by molar-refractivity contribution is 0.361. The van der Waals surface area contributed by atoms with Crippen molar-refractivity contribution in [2.24, 2.45) is 0 Å². The van der Waals surface area contributed by atoms with Gasteiger partial charge in [-0.2, -0.15) is 0 Å². The molecule has 0 unspecified atom stereocenters. The van der Waals surface area contributed by atoms with Crippen LogP contribution in [0.4, 0.5) is 19.4 Å². The van der Waals surface area contributed by atoms with Crippen molar-refractivity contribution in [2.75, 3.05) is 0 Å². The average molecular weight is 326 g/mol. The number of aryl methyl sites for hydroxylation is 2. The number of halogens is 5. The number of benzene rings is 1. The monoisotopic (exact) mass is 326 g/mol. The minimum absolute atomic E-state index is 0.104. The molecule has 0 bridgehead atoms. The third-order valence-electron chi connectivity index (χ3n) is 3.22. The Morgan fingerprint density at radius 1 is 0.905 bits per heavy atom. The highest BCUT2D eigenvalue weighted by molar-refractivity contribution is 8.45. The summed E-state index contributed by atoms with van der Waals surface area (Å²) in [6.07, 6.45) is 3.77. The summed E-state index contributed by atoms with van der Waals surface area (Å²) in [7, 11) is -9.72. The van der Waals surface area contributed by atoms with Gasteiger partial charge in [0.05, 0.1) is 0 Å². The van der Waals surface area contributed by atoms with Gasteiger partial charge >= 0.3 is 10.2 Å². The molecule has 0 aliphatic rings. The highest BCUT2D eigenvalue weighted by Crippen LogP contribution is 3.02. The highest BCUT2D eigenvalue weighted by Gasteiger charge is 2.67. The van der Waals surface area contributed by atoms with E-state index in [1.54, 1.807) is 6.08 Å². The molecule has 0 N–H and O–H groups in total. The summed E-state index contributed by atoms with van der Waals surface area (Å²) < 4.78 is 66.8. The van der Waals surface area contributed by atoms with Crippen LogP contribution in [-0.2, 0) is 12.8 Å². The van der Waals surface area contributed by atoms with Gasteiger partial charge in [0.15, 0.2) is 0 Å². The van der Waals surface area contributed by atoms with Crippen LogP contribution in [0.3, 0.4) is 0 Å². The summed E-state index contributed by atoms with van der Waals surface area (Å²) in [5.41, 5.74) is -0.466. The first-order valence-corrected chi connectivity index (χ1v) is 8.43. The van der Waals surface area contributed by atoms with Crippen LogP contribution in [-0.4, -0.2) is 0 Å². The first kappa shape index (κ1) is 17.8. The zero-order valence-electron chi connectivity index (χ0n) is 11.9. The van der Waals surface area contributed by atoms with Crippen LogP contribution in [0.15, 0.2) is 42.3 Å². The molecule has 0 aliphatic heterocycles. The summed E-state index contributed by atoms with van der Waals surface area (Å²) in [5, 5.41) is 0. The van der Waals surface area contributed by atoms with Gasteiger partial charge in [-0.15, -0.1) is 13.2 Å². The van der Waals surface area contributed by atoms with Gasteiger partial charge in [0.25, 0.3) is 0 Å². The first-order valence-electron chi connectivity index (χ1n) is 6.48. The third kappa shape index (κ3) is 4.59. The molecule has 0 saturated carbocycles. The number of hydrogen-bond donors (Lipinski definition) is 0. The molecule has 0 spiro atoms. The minimum atomic E-state index is -9.72. The average Bonchev–Trinajstić information content (AvgIpc) is 2.31. The molecule has 0 aromatic heterocycles. The number of rotatable bonds is 7. The Labute approximate surface area is 122 Å². The topological polar surface area (TPSA) is 0 Å². The lowest BCUT2D eigenvalue weighted by atomic mass is 9.99. The van der Waals surface area contributed by atoms with Crippen molar-refractivity contribution in [3.63, 3.8) is 0 Å². The molecule has 21 heavy (non-hydrogen) atoms. The van der Waals surface area contributed by atoms with Crippen LogP contribution in [0.2, 0.25) is 0 Å². The molecule has 1 aromatic rings. The highest BCUT2D eigenvalue weighted by atomic mass is 32.5. The number of allylic oxidation sites excluding steroid dienone is 2. The minimum Gasteiger partial charge on any atom is -0.103 e. The van der Waals surface area contributed by atoms with Gasteiger partial charge in [0.2, 0.25) is 0 Å². The summed E-state index contributed by atoms with van der Waals surface area (Å²) >= 11 is 0. The van der Waals surface area contributed by atoms with Crippen molar-refractivity contribution in [2.45, 2.75) is 37.5 Å². The Morgan fingerprint density at radius 3 is 1.76 bits per heavy atom. The molecule has 0 saturated heterocycles. The second-order valence-electron chi connectivity index (χ2n) is 4.96. The summed E-state index contributed by atoms with van der Waals surface area (Å²) in [6.45, 7) is 8.01. The van der Waals surface area contributed by atoms with Crippen LogP contribution >= 0.6 is 10.2 Å². The van der Waals surface area contributed by atoms with Gasteiger partial charge in [-0.05, 0) is 49.3 Å². The molecule has 120 valence electrons. The van der Waals surface area contributed by atoms with E-state index in [0.29, 0.717) is 6.42 Å². The molecular formula is C15H19F5S. The van der Waals surface area contributed by atoms with Crippen molar-refractivity contribution >= 4 is 10.2 Å². The summed E-state index contributed by atoms with van der Waals surface area (Å²) in [5.74, 6) is 0. The maximum Gasteiger partial charge on any atom is 0.310 e. The maximum atomic E-state index is 13.4. The fraction of sp³-hybridized carbons (Fsp3) is 0.333. The maximum absolute atomic E-state index is 13.4. The van der Waals surface area contributed by atoms with E-state index < -0.39 is 15.1 Å². The predicted octanol–water partition coefficient (Wildman–Crippen LogP) is 6.89. The van der Waals surface area contributed by atoms with E-state index in [2.05, 4.69) is 13.2 Å². The van der Waals surface area contributed by atoms with E-state index in [0.717, 1.165) is 13.0 Å². The lowest BCUT2D eigenvalue weighted by Gasteiger charge is -2.43. The summed E-state index contributed by atoms with van der Waals surface area (Å²) in [6, 6.07) is 2.65. The Morgan fingerprint density at radius 2 is 1.33 bits per heavy atom. The van der Waals surface area contributed by atoms with Gasteiger partial charge in [-0.3, -0.25) is 0 Å². The molecule has 1 rings (SSSR count). The second kappa shape index (κ2) is 5.16. The van der Waals surface area contributed by atoms with E-state index in [1.165, 1.54) is 12.1 Å². The van der Waals surface area contributed by atoms with E-state index in [9.17, 15) is 19.4 Å². The van der Waals surface area contributed by atoms with Crippen LogP contribution in [0.1, 0.15) is 29.5 Å². The first-order chi connectivity index (χ1) is 9.40. The fourth-order valence-corrected chi connectivity index (χ4v) is 3.68. The van der Waals surface area contributed by atoms with E-state index >= 15 is 0 Å². The van der Waals surface area contributed by atoms with Gasteiger partial charge < -0.3 is 0 Å². The molecule has 0 aliphatic carbocycles. The van der Waals surface area contributed by atoms with Gasteiger partial charge in [-0.25, -0.2) is 0 Å². The Balaban J connectivity index is 3.54. The Hall–Kier alpha value is -1.30. The normalized spacial score (nSPS) is 15.1. The van der Waals surface area contributed by atoms with E-state index in [-0.39, 0.29) is 36.0 Å². The molecular weight excluding hydrogens is 307 g/mol. The van der Waals surface area contributed by atoms with E-state index in [4.69, 9.17) is 0 Å². The number of hydrogen-bond acceptors (Lipinski definition) is 0. The van der Waals surface area contributed by atoms with Crippen molar-refractivity contribution in [1.82, 2.24) is 0 Å². The molecule has 0 fully saturated rings. The van der Waals surface area contributed by atoms with Crippen LogP contribution in [0.5, 0.6) is 0 Å². The zero-order chi connectivity index (χ0) is 16.4. The smallest absolute Gasteiger partial charge is 0.103 e. The van der Waals surface area contributed by atoms with Crippen molar-refractivity contribution in [3.05, 3.63) is 54.1 Å². The molecule has 0 atom stereocenters. The molecule has 0 amide bonds. The van der Waals surface area contributed by atoms with Gasteiger partial charge in [0, 0.05) is 0 Å². The molecule has 0 radical (unpaired) electrons. The van der Waals surface area contributed by atoms with Gasteiger partial charge in [0.1, 0.15) is 4.90 Å². The fourth-order valence-electron chi connectivity index (χ4n) is 2.31. The lowest BCUT2D eigenvalue weighted by Crippen LogP contribution is -2.13. The SMILES string of the molecule is C=CCCc1ccc(CCC=C)c(S(F)(F)(F)(F)F)c1C. The van der Waals surface area contributed by atoms with Crippen LogP contribution in [0, 0.1) is 6.92 Å². The van der Waals surface area contributed by atoms with Crippen molar-refractivity contribution in [3.8, 4) is 0 Å². The van der Waals surface area contributed by atoms with E-state index in [1.807, 2.05) is 0 Å².